The Balaban J connectivity index is 1.94. The molecule has 6 heteroatoms. The lowest BCUT2D eigenvalue weighted by atomic mass is 10.2. The van der Waals surface area contributed by atoms with Crippen molar-refractivity contribution >= 4 is 17.5 Å². The fourth-order valence-electron chi connectivity index (χ4n) is 1.58. The maximum atomic E-state index is 11.8. The van der Waals surface area contributed by atoms with Crippen LogP contribution in [-0.2, 0) is 6.54 Å². The van der Waals surface area contributed by atoms with Gasteiger partial charge in [-0.1, -0.05) is 23.7 Å². The van der Waals surface area contributed by atoms with Crippen molar-refractivity contribution in [3.05, 3.63) is 63.8 Å². The van der Waals surface area contributed by atoms with E-state index in [9.17, 15) is 9.59 Å². The maximum absolute atomic E-state index is 11.8. The molecule has 0 bridgehead atoms. The summed E-state index contributed by atoms with van der Waals surface area (Å²) in [6.45, 7) is 0.693. The Hall–Kier alpha value is -2.14. The molecule has 1 aromatic heterocycles. The second kappa shape index (κ2) is 6.15. The Labute approximate surface area is 114 Å². The highest BCUT2D eigenvalue weighted by molar-refractivity contribution is 6.33. The summed E-state index contributed by atoms with van der Waals surface area (Å²) in [6, 6.07) is 8.17. The fraction of sp³-hybridized carbons (Fsp3) is 0.154. The van der Waals surface area contributed by atoms with Gasteiger partial charge in [-0.25, -0.2) is 4.98 Å². The lowest BCUT2D eigenvalue weighted by Crippen LogP contribution is -2.30. The molecule has 0 atom stereocenters. The zero-order valence-corrected chi connectivity index (χ0v) is 10.8. The molecule has 0 aliphatic carbocycles. The van der Waals surface area contributed by atoms with Crippen LogP contribution in [-0.4, -0.2) is 22.0 Å². The minimum Gasteiger partial charge on any atom is -0.350 e. The molecule has 0 saturated heterocycles. The molecule has 1 heterocycles. The van der Waals surface area contributed by atoms with Gasteiger partial charge in [0.2, 0.25) is 0 Å². The van der Waals surface area contributed by atoms with Crippen LogP contribution >= 0.6 is 11.6 Å². The third kappa shape index (κ3) is 3.42. The molecule has 0 radical (unpaired) electrons. The first-order chi connectivity index (χ1) is 9.18. The van der Waals surface area contributed by atoms with Gasteiger partial charge in [0.25, 0.3) is 11.5 Å². The largest absolute Gasteiger partial charge is 0.350 e. The smallest absolute Gasteiger partial charge is 0.253 e. The number of nitrogens with one attached hydrogen (secondary N) is 1. The molecule has 1 aromatic carbocycles. The zero-order chi connectivity index (χ0) is 13.7. The van der Waals surface area contributed by atoms with Crippen LogP contribution in [0.2, 0.25) is 5.02 Å². The minimum absolute atomic E-state index is 0.151. The molecule has 2 rings (SSSR count). The summed E-state index contributed by atoms with van der Waals surface area (Å²) in [5.41, 5.74) is 0.268. The number of hydrogen-bond donors (Lipinski definition) is 1. The molecule has 1 N–H and O–H groups in total. The molecule has 98 valence electrons. The average Bonchev–Trinajstić information content (AvgIpc) is 2.41. The average molecular weight is 278 g/mol. The number of aromatic nitrogens is 2. The van der Waals surface area contributed by atoms with Crippen molar-refractivity contribution in [3.8, 4) is 0 Å². The van der Waals surface area contributed by atoms with Gasteiger partial charge >= 0.3 is 0 Å². The van der Waals surface area contributed by atoms with Crippen LogP contribution in [0.5, 0.6) is 0 Å². The Bertz CT molecular complexity index is 640. The van der Waals surface area contributed by atoms with Gasteiger partial charge in [-0.2, -0.15) is 0 Å². The van der Waals surface area contributed by atoms with E-state index in [0.29, 0.717) is 23.7 Å². The van der Waals surface area contributed by atoms with Crippen molar-refractivity contribution in [1.29, 1.82) is 0 Å². The number of rotatable bonds is 4. The number of benzene rings is 1. The summed E-state index contributed by atoms with van der Waals surface area (Å²) in [5.74, 6) is -0.262. The number of carbonyl (C=O) groups excluding carboxylic acids is 1. The van der Waals surface area contributed by atoms with Gasteiger partial charge in [-0.05, 0) is 12.1 Å². The monoisotopic (exact) mass is 277 g/mol. The summed E-state index contributed by atoms with van der Waals surface area (Å²) in [7, 11) is 0. The Morgan fingerprint density at radius 1 is 1.32 bits per heavy atom. The van der Waals surface area contributed by atoms with Gasteiger partial charge in [0.15, 0.2) is 0 Å². The van der Waals surface area contributed by atoms with Gasteiger partial charge in [-0.3, -0.25) is 14.2 Å². The highest BCUT2D eigenvalue weighted by atomic mass is 35.5. The third-order valence-corrected chi connectivity index (χ3v) is 2.88. The van der Waals surface area contributed by atoms with Gasteiger partial charge in [-0.15, -0.1) is 0 Å². The van der Waals surface area contributed by atoms with E-state index in [1.807, 2.05) is 0 Å². The lowest BCUT2D eigenvalue weighted by Gasteiger charge is -2.07. The van der Waals surface area contributed by atoms with Crippen LogP contribution in [0.3, 0.4) is 0 Å². The number of nitrogens with zero attached hydrogens (tertiary/aromatic N) is 2. The molecule has 1 amide bonds. The second-order valence-electron chi connectivity index (χ2n) is 3.85. The van der Waals surface area contributed by atoms with Crippen LogP contribution < -0.4 is 10.9 Å². The third-order valence-electron chi connectivity index (χ3n) is 2.55. The van der Waals surface area contributed by atoms with Crippen LogP contribution in [0.1, 0.15) is 10.4 Å². The molecule has 0 aliphatic rings. The predicted molar refractivity (Wildman–Crippen MR) is 72.3 cm³/mol. The van der Waals surface area contributed by atoms with E-state index in [0.717, 1.165) is 0 Å². The Kier molecular flexibility index (Phi) is 4.30. The topological polar surface area (TPSA) is 64.0 Å². The summed E-state index contributed by atoms with van der Waals surface area (Å²) < 4.78 is 1.42. The fourth-order valence-corrected chi connectivity index (χ4v) is 1.80. The lowest BCUT2D eigenvalue weighted by molar-refractivity contribution is 0.0952. The van der Waals surface area contributed by atoms with Crippen LogP contribution in [0.15, 0.2) is 47.7 Å². The summed E-state index contributed by atoms with van der Waals surface area (Å²) in [4.78, 5) is 27.1. The van der Waals surface area contributed by atoms with E-state index >= 15 is 0 Å². The number of halogens is 1. The quantitative estimate of drug-likeness (QED) is 0.917. The predicted octanol–water partition coefficient (Wildman–Crippen LogP) is 1.33. The first kappa shape index (κ1) is 13.3. The summed E-state index contributed by atoms with van der Waals surface area (Å²) in [6.07, 6.45) is 2.87. The molecular weight excluding hydrogens is 266 g/mol. The van der Waals surface area contributed by atoms with Crippen molar-refractivity contribution in [1.82, 2.24) is 14.9 Å². The first-order valence-corrected chi connectivity index (χ1v) is 6.09. The van der Waals surface area contributed by atoms with E-state index in [1.54, 1.807) is 24.3 Å². The van der Waals surface area contributed by atoms with Crippen molar-refractivity contribution in [3.63, 3.8) is 0 Å². The standard InChI is InChI=1S/C13H12ClN3O2/c14-11-4-2-1-3-10(11)13(19)16-7-8-17-9-15-6-5-12(17)18/h1-6,9H,7-8H2,(H,16,19). The Morgan fingerprint density at radius 3 is 2.84 bits per heavy atom. The van der Waals surface area contributed by atoms with Gasteiger partial charge in [0, 0.05) is 25.4 Å². The van der Waals surface area contributed by atoms with Crippen molar-refractivity contribution in [2.75, 3.05) is 6.54 Å². The number of hydrogen-bond acceptors (Lipinski definition) is 3. The highest BCUT2D eigenvalue weighted by Gasteiger charge is 2.08. The SMILES string of the molecule is O=C(NCCn1cnccc1=O)c1ccccc1Cl. The summed E-state index contributed by atoms with van der Waals surface area (Å²) >= 11 is 5.91. The van der Waals surface area contributed by atoms with Gasteiger partial charge in [0.1, 0.15) is 0 Å². The maximum Gasteiger partial charge on any atom is 0.253 e. The molecule has 0 aliphatic heterocycles. The molecule has 19 heavy (non-hydrogen) atoms. The van der Waals surface area contributed by atoms with Crippen LogP contribution in [0.4, 0.5) is 0 Å². The van der Waals surface area contributed by atoms with Crippen molar-refractivity contribution in [2.24, 2.45) is 0 Å². The van der Waals surface area contributed by atoms with Crippen LogP contribution in [0, 0.1) is 0 Å². The molecule has 0 saturated carbocycles. The minimum atomic E-state index is -0.262. The molecule has 0 spiro atoms. The Morgan fingerprint density at radius 2 is 2.11 bits per heavy atom. The van der Waals surface area contributed by atoms with E-state index in [4.69, 9.17) is 11.6 Å². The molecule has 0 fully saturated rings. The molecule has 5 nitrogen and oxygen atoms in total. The van der Waals surface area contributed by atoms with Crippen molar-refractivity contribution < 1.29 is 4.79 Å². The van der Waals surface area contributed by atoms with E-state index < -0.39 is 0 Å². The first-order valence-electron chi connectivity index (χ1n) is 5.71. The van der Waals surface area contributed by atoms with E-state index in [2.05, 4.69) is 10.3 Å². The highest BCUT2D eigenvalue weighted by Crippen LogP contribution is 2.14. The molecule has 0 unspecified atom stereocenters. The zero-order valence-electron chi connectivity index (χ0n) is 10.0. The van der Waals surface area contributed by atoms with Crippen LogP contribution in [0.25, 0.3) is 0 Å². The molecule has 2 aromatic rings. The second-order valence-corrected chi connectivity index (χ2v) is 4.25. The van der Waals surface area contributed by atoms with E-state index in [-0.39, 0.29) is 11.5 Å². The molecular formula is C13H12ClN3O2. The number of amides is 1. The summed E-state index contributed by atoms with van der Waals surface area (Å²) in [5, 5.41) is 3.11. The van der Waals surface area contributed by atoms with Gasteiger partial charge in [0.05, 0.1) is 16.9 Å². The number of carbonyl (C=O) groups is 1. The van der Waals surface area contributed by atoms with E-state index in [1.165, 1.54) is 23.2 Å². The normalized spacial score (nSPS) is 10.2. The van der Waals surface area contributed by atoms with Gasteiger partial charge < -0.3 is 5.32 Å². The van der Waals surface area contributed by atoms with Crippen molar-refractivity contribution in [2.45, 2.75) is 6.54 Å².